The first-order chi connectivity index (χ1) is 7.56. The van der Waals surface area contributed by atoms with Crippen molar-refractivity contribution in [2.45, 2.75) is 58.5 Å². The number of amides is 1. The number of rotatable bonds is 9. The summed E-state index contributed by atoms with van der Waals surface area (Å²) in [6.45, 7) is 6.22. The molecule has 0 rings (SSSR count). The maximum atomic E-state index is 11.5. The normalized spacial score (nSPS) is 14.5. The molecule has 0 aromatic rings. The van der Waals surface area contributed by atoms with Crippen LogP contribution in [0, 0.1) is 0 Å². The Kier molecular flexibility index (Phi) is 9.83. The molecule has 0 aromatic carbocycles. The highest BCUT2D eigenvalue weighted by molar-refractivity contribution is 7.99. The number of nitrogens with one attached hydrogen (secondary N) is 1. The molecule has 96 valence electrons. The summed E-state index contributed by atoms with van der Waals surface area (Å²) in [5.41, 5.74) is 5.61. The fraction of sp³-hybridized carbons (Fsp3) is 0.917. The Bertz CT molecular complexity index is 186. The van der Waals surface area contributed by atoms with Gasteiger partial charge in [-0.3, -0.25) is 4.79 Å². The van der Waals surface area contributed by atoms with E-state index in [2.05, 4.69) is 19.2 Å². The molecule has 0 aliphatic rings. The van der Waals surface area contributed by atoms with Gasteiger partial charge in [-0.1, -0.05) is 26.2 Å². The van der Waals surface area contributed by atoms with E-state index < -0.39 is 0 Å². The van der Waals surface area contributed by atoms with Crippen molar-refractivity contribution >= 4 is 17.7 Å². The van der Waals surface area contributed by atoms with Crippen molar-refractivity contribution in [3.05, 3.63) is 0 Å². The van der Waals surface area contributed by atoms with Crippen LogP contribution in [0.3, 0.4) is 0 Å². The lowest BCUT2D eigenvalue weighted by Gasteiger charge is -2.13. The van der Waals surface area contributed by atoms with Crippen molar-refractivity contribution in [2.24, 2.45) is 5.73 Å². The molecule has 2 unspecified atom stereocenters. The smallest absolute Gasteiger partial charge is 0.230 e. The van der Waals surface area contributed by atoms with Gasteiger partial charge in [0.1, 0.15) is 0 Å². The summed E-state index contributed by atoms with van der Waals surface area (Å²) in [7, 11) is 0. The molecule has 0 fully saturated rings. The molecular formula is C12H26N2OS. The highest BCUT2D eigenvalue weighted by Crippen LogP contribution is 2.04. The number of carbonyl (C=O) groups is 1. The summed E-state index contributed by atoms with van der Waals surface area (Å²) >= 11 is 1.60. The van der Waals surface area contributed by atoms with Gasteiger partial charge in [-0.05, 0) is 20.3 Å². The van der Waals surface area contributed by atoms with Crippen LogP contribution in [-0.4, -0.2) is 29.5 Å². The van der Waals surface area contributed by atoms with Crippen molar-refractivity contribution < 1.29 is 4.79 Å². The summed E-state index contributed by atoms with van der Waals surface area (Å²) in [4.78, 5) is 11.5. The number of hydrogen-bond donors (Lipinski definition) is 2. The minimum atomic E-state index is 0.134. The molecule has 0 aliphatic carbocycles. The molecule has 0 aromatic heterocycles. The van der Waals surface area contributed by atoms with E-state index in [4.69, 9.17) is 5.73 Å². The SMILES string of the molecule is CCCCCC(C)NC(=O)CSCC(C)N. The Morgan fingerprint density at radius 3 is 2.62 bits per heavy atom. The Balaban J connectivity index is 3.46. The third kappa shape index (κ3) is 10.3. The molecule has 0 heterocycles. The van der Waals surface area contributed by atoms with Gasteiger partial charge in [0.15, 0.2) is 0 Å². The van der Waals surface area contributed by atoms with Gasteiger partial charge in [-0.15, -0.1) is 0 Å². The second-order valence-corrected chi connectivity index (χ2v) is 5.49. The predicted molar refractivity (Wildman–Crippen MR) is 72.7 cm³/mol. The summed E-state index contributed by atoms with van der Waals surface area (Å²) in [5, 5.41) is 3.01. The van der Waals surface area contributed by atoms with E-state index in [0.29, 0.717) is 11.8 Å². The van der Waals surface area contributed by atoms with Gasteiger partial charge >= 0.3 is 0 Å². The lowest BCUT2D eigenvalue weighted by Crippen LogP contribution is -2.34. The highest BCUT2D eigenvalue weighted by atomic mass is 32.2. The Hall–Kier alpha value is -0.220. The van der Waals surface area contributed by atoms with Gasteiger partial charge in [0, 0.05) is 17.8 Å². The fourth-order valence-corrected chi connectivity index (χ4v) is 2.19. The maximum Gasteiger partial charge on any atom is 0.230 e. The van der Waals surface area contributed by atoms with E-state index in [-0.39, 0.29) is 11.9 Å². The van der Waals surface area contributed by atoms with E-state index in [1.165, 1.54) is 19.3 Å². The molecule has 1 amide bonds. The second kappa shape index (κ2) is 9.97. The zero-order chi connectivity index (χ0) is 12.4. The molecule has 2 atom stereocenters. The van der Waals surface area contributed by atoms with E-state index in [1.54, 1.807) is 11.8 Å². The van der Waals surface area contributed by atoms with Crippen LogP contribution in [0.5, 0.6) is 0 Å². The third-order valence-corrected chi connectivity index (χ3v) is 3.49. The van der Waals surface area contributed by atoms with Gasteiger partial charge in [0.05, 0.1) is 5.75 Å². The average molecular weight is 246 g/mol. The van der Waals surface area contributed by atoms with E-state index >= 15 is 0 Å². The number of nitrogens with two attached hydrogens (primary N) is 1. The second-order valence-electron chi connectivity index (χ2n) is 4.46. The summed E-state index contributed by atoms with van der Waals surface area (Å²) < 4.78 is 0. The first-order valence-corrected chi connectivity index (χ1v) is 7.34. The molecule has 0 spiro atoms. The van der Waals surface area contributed by atoms with Crippen LogP contribution in [0.1, 0.15) is 46.5 Å². The van der Waals surface area contributed by atoms with Crippen molar-refractivity contribution in [2.75, 3.05) is 11.5 Å². The quantitative estimate of drug-likeness (QED) is 0.613. The summed E-state index contributed by atoms with van der Waals surface area (Å²) in [6, 6.07) is 0.467. The van der Waals surface area contributed by atoms with Crippen molar-refractivity contribution in [3.63, 3.8) is 0 Å². The molecule has 0 bridgehead atoms. The van der Waals surface area contributed by atoms with Crippen LogP contribution < -0.4 is 11.1 Å². The number of unbranched alkanes of at least 4 members (excludes halogenated alkanes) is 2. The van der Waals surface area contributed by atoms with Crippen LogP contribution >= 0.6 is 11.8 Å². The largest absolute Gasteiger partial charge is 0.353 e. The summed E-state index contributed by atoms with van der Waals surface area (Å²) in [5.74, 6) is 1.51. The van der Waals surface area contributed by atoms with E-state index in [9.17, 15) is 4.79 Å². The number of carbonyl (C=O) groups excluding carboxylic acids is 1. The van der Waals surface area contributed by atoms with Crippen molar-refractivity contribution in [1.29, 1.82) is 0 Å². The monoisotopic (exact) mass is 246 g/mol. The lowest BCUT2D eigenvalue weighted by molar-refractivity contribution is -0.119. The van der Waals surface area contributed by atoms with Gasteiger partial charge in [-0.25, -0.2) is 0 Å². The zero-order valence-electron chi connectivity index (χ0n) is 10.8. The minimum Gasteiger partial charge on any atom is -0.353 e. The van der Waals surface area contributed by atoms with Crippen LogP contribution in [0.15, 0.2) is 0 Å². The number of hydrogen-bond acceptors (Lipinski definition) is 3. The molecule has 0 saturated heterocycles. The molecule has 0 aliphatic heterocycles. The fourth-order valence-electron chi connectivity index (χ4n) is 1.43. The Labute approximate surface area is 104 Å². The van der Waals surface area contributed by atoms with Gasteiger partial charge < -0.3 is 11.1 Å². The summed E-state index contributed by atoms with van der Waals surface area (Å²) in [6.07, 6.45) is 4.76. The number of thioether (sulfide) groups is 1. The molecule has 0 radical (unpaired) electrons. The molecule has 16 heavy (non-hydrogen) atoms. The Morgan fingerprint density at radius 2 is 2.06 bits per heavy atom. The van der Waals surface area contributed by atoms with Crippen molar-refractivity contribution in [1.82, 2.24) is 5.32 Å². The molecular weight excluding hydrogens is 220 g/mol. The third-order valence-electron chi connectivity index (χ3n) is 2.26. The van der Waals surface area contributed by atoms with Gasteiger partial charge in [0.2, 0.25) is 5.91 Å². The first-order valence-electron chi connectivity index (χ1n) is 6.19. The topological polar surface area (TPSA) is 55.1 Å². The molecule has 3 nitrogen and oxygen atoms in total. The highest BCUT2D eigenvalue weighted by Gasteiger charge is 2.07. The average Bonchev–Trinajstić information content (AvgIpc) is 2.17. The predicted octanol–water partition coefficient (Wildman–Crippen LogP) is 2.15. The molecule has 3 N–H and O–H groups in total. The van der Waals surface area contributed by atoms with Crippen LogP contribution in [0.4, 0.5) is 0 Å². The van der Waals surface area contributed by atoms with Crippen LogP contribution in [0.2, 0.25) is 0 Å². The first kappa shape index (κ1) is 15.8. The minimum absolute atomic E-state index is 0.134. The molecule has 0 saturated carbocycles. The van der Waals surface area contributed by atoms with E-state index in [1.807, 2.05) is 6.92 Å². The molecule has 4 heteroatoms. The van der Waals surface area contributed by atoms with Crippen LogP contribution in [-0.2, 0) is 4.79 Å². The van der Waals surface area contributed by atoms with Crippen molar-refractivity contribution in [3.8, 4) is 0 Å². The Morgan fingerprint density at radius 1 is 1.38 bits per heavy atom. The lowest BCUT2D eigenvalue weighted by atomic mass is 10.1. The van der Waals surface area contributed by atoms with Gasteiger partial charge in [0.25, 0.3) is 0 Å². The zero-order valence-corrected chi connectivity index (χ0v) is 11.6. The maximum absolute atomic E-state index is 11.5. The van der Waals surface area contributed by atoms with Gasteiger partial charge in [-0.2, -0.15) is 11.8 Å². The van der Waals surface area contributed by atoms with Crippen LogP contribution in [0.25, 0.3) is 0 Å². The standard InChI is InChI=1S/C12H26N2OS/c1-4-5-6-7-11(3)14-12(15)9-16-8-10(2)13/h10-11H,4-9,13H2,1-3H3,(H,14,15). The van der Waals surface area contributed by atoms with E-state index in [0.717, 1.165) is 12.2 Å².